The van der Waals surface area contributed by atoms with Crippen molar-refractivity contribution in [3.63, 3.8) is 0 Å². The second-order valence-corrected chi connectivity index (χ2v) is 5.66. The number of hydrogen-bond acceptors (Lipinski definition) is 2. The van der Waals surface area contributed by atoms with Crippen molar-refractivity contribution >= 4 is 5.71 Å². The molecule has 0 aromatic rings. The first-order valence-corrected chi connectivity index (χ1v) is 5.15. The molecule has 0 radical (unpaired) electrons. The van der Waals surface area contributed by atoms with E-state index in [1.54, 1.807) is 0 Å². The van der Waals surface area contributed by atoms with Gasteiger partial charge in [-0.2, -0.15) is 5.10 Å². The summed E-state index contributed by atoms with van der Waals surface area (Å²) in [6.45, 7) is 11.0. The molecular formula is C11H22N2. The molecule has 13 heavy (non-hydrogen) atoms. The molecule has 0 spiro atoms. The van der Waals surface area contributed by atoms with Crippen LogP contribution >= 0.6 is 0 Å². The predicted octanol–water partition coefficient (Wildman–Crippen LogP) is 2.94. The third-order valence-electron chi connectivity index (χ3n) is 2.52. The molecule has 1 rings (SSSR count). The molecule has 1 fully saturated rings. The van der Waals surface area contributed by atoms with Crippen LogP contribution in [0.3, 0.4) is 0 Å². The molecule has 0 unspecified atom stereocenters. The fraction of sp³-hybridized carbons (Fsp3) is 0.909. The van der Waals surface area contributed by atoms with Crippen LogP contribution in [-0.4, -0.2) is 11.3 Å². The highest BCUT2D eigenvalue weighted by Gasteiger charge is 2.30. The maximum absolute atomic E-state index is 4.51. The first-order chi connectivity index (χ1) is 5.81. The molecule has 1 aliphatic rings. The van der Waals surface area contributed by atoms with Crippen molar-refractivity contribution in [1.29, 1.82) is 0 Å². The van der Waals surface area contributed by atoms with Gasteiger partial charge in [0.05, 0.1) is 0 Å². The molecule has 1 saturated carbocycles. The van der Waals surface area contributed by atoms with Gasteiger partial charge in [-0.25, -0.2) is 0 Å². The molecule has 0 heterocycles. The molecule has 2 heteroatoms. The predicted molar refractivity (Wildman–Crippen MR) is 58.0 cm³/mol. The normalized spacial score (nSPS) is 25.2. The van der Waals surface area contributed by atoms with E-state index < -0.39 is 0 Å². The second-order valence-electron chi connectivity index (χ2n) is 5.66. The van der Waals surface area contributed by atoms with Gasteiger partial charge in [-0.05, 0) is 40.0 Å². The maximum Gasteiger partial charge on any atom is 0.0464 e. The molecule has 0 atom stereocenters. The van der Waals surface area contributed by atoms with Gasteiger partial charge in [-0.1, -0.05) is 13.8 Å². The third kappa shape index (κ3) is 3.02. The Labute approximate surface area is 81.8 Å². The Kier molecular flexibility index (Phi) is 2.69. The van der Waals surface area contributed by atoms with Crippen LogP contribution in [-0.2, 0) is 0 Å². The number of nitrogens with zero attached hydrogens (tertiary/aromatic N) is 1. The van der Waals surface area contributed by atoms with Gasteiger partial charge in [0.25, 0.3) is 0 Å². The smallest absolute Gasteiger partial charge is 0.0464 e. The van der Waals surface area contributed by atoms with Crippen molar-refractivity contribution in [1.82, 2.24) is 5.43 Å². The van der Waals surface area contributed by atoms with E-state index in [1.165, 1.54) is 18.6 Å². The van der Waals surface area contributed by atoms with E-state index in [2.05, 4.69) is 45.1 Å². The Balaban J connectivity index is 2.61. The summed E-state index contributed by atoms with van der Waals surface area (Å²) in [7, 11) is 0. The standard InChI is InChI=1S/C11H22N2/c1-10(2,3)13-12-9-7-6-8-11(9,4)5/h13H,6-8H2,1-5H3/b12-9-. The molecule has 1 N–H and O–H groups in total. The molecule has 0 bridgehead atoms. The van der Waals surface area contributed by atoms with Crippen LogP contribution in [0, 0.1) is 5.41 Å². The summed E-state index contributed by atoms with van der Waals surface area (Å²) in [6.07, 6.45) is 3.73. The molecule has 0 aliphatic heterocycles. The van der Waals surface area contributed by atoms with Crippen molar-refractivity contribution in [2.75, 3.05) is 0 Å². The minimum absolute atomic E-state index is 0.0890. The largest absolute Gasteiger partial charge is 0.305 e. The van der Waals surface area contributed by atoms with E-state index in [4.69, 9.17) is 0 Å². The average Bonchev–Trinajstić information content (AvgIpc) is 2.23. The molecule has 76 valence electrons. The summed E-state index contributed by atoms with van der Waals surface area (Å²) in [5, 5.41) is 4.51. The molecule has 2 nitrogen and oxygen atoms in total. The van der Waals surface area contributed by atoms with Crippen LogP contribution < -0.4 is 5.43 Å². The van der Waals surface area contributed by atoms with Crippen molar-refractivity contribution in [2.45, 2.75) is 59.4 Å². The van der Waals surface area contributed by atoms with Gasteiger partial charge < -0.3 is 5.43 Å². The fourth-order valence-electron chi connectivity index (χ4n) is 1.62. The van der Waals surface area contributed by atoms with Gasteiger partial charge in [-0.3, -0.25) is 0 Å². The van der Waals surface area contributed by atoms with E-state index in [1.807, 2.05) is 0 Å². The Morgan fingerprint density at radius 2 is 1.92 bits per heavy atom. The van der Waals surface area contributed by atoms with E-state index >= 15 is 0 Å². The first kappa shape index (κ1) is 10.6. The summed E-state index contributed by atoms with van der Waals surface area (Å²) in [5.41, 5.74) is 4.95. The van der Waals surface area contributed by atoms with Crippen LogP contribution in [0.25, 0.3) is 0 Å². The van der Waals surface area contributed by atoms with Crippen molar-refractivity contribution < 1.29 is 0 Å². The number of nitrogens with one attached hydrogen (secondary N) is 1. The van der Waals surface area contributed by atoms with Gasteiger partial charge in [0.2, 0.25) is 0 Å². The van der Waals surface area contributed by atoms with Crippen LogP contribution in [0.15, 0.2) is 5.10 Å². The van der Waals surface area contributed by atoms with Crippen LogP contribution in [0.1, 0.15) is 53.9 Å². The summed E-state index contributed by atoms with van der Waals surface area (Å²) >= 11 is 0. The van der Waals surface area contributed by atoms with E-state index in [9.17, 15) is 0 Å². The molecule has 0 aromatic carbocycles. The Hall–Kier alpha value is -0.530. The quantitative estimate of drug-likeness (QED) is 0.619. The maximum atomic E-state index is 4.51. The van der Waals surface area contributed by atoms with E-state index in [0.717, 1.165) is 6.42 Å². The van der Waals surface area contributed by atoms with Crippen molar-refractivity contribution in [2.24, 2.45) is 10.5 Å². The average molecular weight is 182 g/mol. The molecular weight excluding hydrogens is 160 g/mol. The van der Waals surface area contributed by atoms with E-state index in [0.29, 0.717) is 5.41 Å². The summed E-state index contributed by atoms with van der Waals surface area (Å²) in [6, 6.07) is 0. The molecule has 0 amide bonds. The summed E-state index contributed by atoms with van der Waals surface area (Å²) in [5.74, 6) is 0. The lowest BCUT2D eigenvalue weighted by Gasteiger charge is -2.22. The number of hydrazone groups is 1. The van der Waals surface area contributed by atoms with Crippen LogP contribution in [0.2, 0.25) is 0 Å². The third-order valence-corrected chi connectivity index (χ3v) is 2.52. The lowest BCUT2D eigenvalue weighted by Crippen LogP contribution is -2.33. The summed E-state index contributed by atoms with van der Waals surface area (Å²) < 4.78 is 0. The Morgan fingerprint density at radius 1 is 1.31 bits per heavy atom. The highest BCUT2D eigenvalue weighted by Crippen LogP contribution is 2.34. The zero-order chi connectivity index (χ0) is 10.1. The van der Waals surface area contributed by atoms with Gasteiger partial charge in [0.1, 0.15) is 0 Å². The minimum Gasteiger partial charge on any atom is -0.305 e. The zero-order valence-corrected chi connectivity index (χ0v) is 9.57. The molecule has 0 aromatic heterocycles. The fourth-order valence-corrected chi connectivity index (χ4v) is 1.62. The van der Waals surface area contributed by atoms with Gasteiger partial charge in [0, 0.05) is 16.7 Å². The minimum atomic E-state index is 0.0890. The molecule has 1 aliphatic carbocycles. The highest BCUT2D eigenvalue weighted by atomic mass is 15.3. The lowest BCUT2D eigenvalue weighted by atomic mass is 9.90. The van der Waals surface area contributed by atoms with Gasteiger partial charge in [-0.15, -0.1) is 0 Å². The first-order valence-electron chi connectivity index (χ1n) is 5.15. The Morgan fingerprint density at radius 3 is 2.31 bits per heavy atom. The SMILES string of the molecule is CC(C)(C)N/N=C1/CCCC1(C)C. The monoisotopic (exact) mass is 182 g/mol. The van der Waals surface area contributed by atoms with Gasteiger partial charge in [0.15, 0.2) is 0 Å². The van der Waals surface area contributed by atoms with Crippen molar-refractivity contribution in [3.8, 4) is 0 Å². The van der Waals surface area contributed by atoms with E-state index in [-0.39, 0.29) is 5.54 Å². The molecule has 0 saturated heterocycles. The highest BCUT2D eigenvalue weighted by molar-refractivity contribution is 5.91. The topological polar surface area (TPSA) is 24.4 Å². The number of hydrogen-bond donors (Lipinski definition) is 1. The summed E-state index contributed by atoms with van der Waals surface area (Å²) in [4.78, 5) is 0. The van der Waals surface area contributed by atoms with Gasteiger partial charge >= 0.3 is 0 Å². The lowest BCUT2D eigenvalue weighted by molar-refractivity contribution is 0.432. The zero-order valence-electron chi connectivity index (χ0n) is 9.57. The second kappa shape index (κ2) is 3.32. The number of rotatable bonds is 1. The van der Waals surface area contributed by atoms with Crippen molar-refractivity contribution in [3.05, 3.63) is 0 Å². The van der Waals surface area contributed by atoms with Crippen LogP contribution in [0.4, 0.5) is 0 Å². The van der Waals surface area contributed by atoms with Crippen LogP contribution in [0.5, 0.6) is 0 Å². The Bertz CT molecular complexity index is 209.